The summed E-state index contributed by atoms with van der Waals surface area (Å²) in [7, 11) is 8.02. The predicted molar refractivity (Wildman–Crippen MR) is 78.6 cm³/mol. The van der Waals surface area contributed by atoms with Gasteiger partial charge in [0.15, 0.2) is 5.96 Å². The van der Waals surface area contributed by atoms with Gasteiger partial charge in [-0.1, -0.05) is 0 Å². The van der Waals surface area contributed by atoms with Crippen LogP contribution in [0.15, 0.2) is 4.99 Å². The van der Waals surface area contributed by atoms with E-state index in [1.807, 2.05) is 38.0 Å². The number of guanidine groups is 1. The lowest BCUT2D eigenvalue weighted by Gasteiger charge is -2.22. The van der Waals surface area contributed by atoms with Gasteiger partial charge in [0.25, 0.3) is 0 Å². The molecule has 0 spiro atoms. The molecule has 0 N–H and O–H groups in total. The van der Waals surface area contributed by atoms with Crippen molar-refractivity contribution in [3.05, 3.63) is 0 Å². The summed E-state index contributed by atoms with van der Waals surface area (Å²) in [6.45, 7) is 2.41. The minimum atomic E-state index is 0. The minimum absolute atomic E-state index is 0. The molecule has 0 aromatic heterocycles. The van der Waals surface area contributed by atoms with Gasteiger partial charge in [0, 0.05) is 34.8 Å². The molecular weight excluding hydrogens is 317 g/mol. The topological polar surface area (TPSA) is 28.1 Å². The van der Waals surface area contributed by atoms with E-state index in [2.05, 4.69) is 4.99 Å². The first-order valence-corrected chi connectivity index (χ1v) is 5.58. The number of ether oxygens (including phenoxy) is 1. The van der Waals surface area contributed by atoms with Crippen molar-refractivity contribution in [2.75, 3.05) is 47.9 Å². The van der Waals surface area contributed by atoms with Gasteiger partial charge in [0.1, 0.15) is 0 Å². The molecule has 0 aromatic carbocycles. The van der Waals surface area contributed by atoms with E-state index in [0.29, 0.717) is 0 Å². The highest BCUT2D eigenvalue weighted by atomic mass is 127. The first-order chi connectivity index (χ1) is 7.11. The molecule has 0 heterocycles. The van der Waals surface area contributed by atoms with Gasteiger partial charge >= 0.3 is 0 Å². The maximum absolute atomic E-state index is 5.52. The third kappa shape index (κ3) is 6.52. The molecule has 0 saturated heterocycles. The van der Waals surface area contributed by atoms with E-state index in [-0.39, 0.29) is 24.0 Å². The molecule has 0 aliphatic heterocycles. The summed E-state index contributed by atoms with van der Waals surface area (Å²) in [5, 5.41) is 0. The summed E-state index contributed by atoms with van der Waals surface area (Å²) in [6.07, 6.45) is 2.70. The summed E-state index contributed by atoms with van der Waals surface area (Å²) in [4.78, 5) is 8.51. The number of hydrogen-bond acceptors (Lipinski definition) is 2. The minimum Gasteiger partial charge on any atom is -0.379 e. The van der Waals surface area contributed by atoms with Crippen LogP contribution in [0.1, 0.15) is 12.8 Å². The van der Waals surface area contributed by atoms with Crippen LogP contribution in [0.3, 0.4) is 0 Å². The van der Waals surface area contributed by atoms with Crippen molar-refractivity contribution in [3.8, 4) is 0 Å². The van der Waals surface area contributed by atoms with Crippen molar-refractivity contribution in [2.45, 2.75) is 12.8 Å². The quantitative estimate of drug-likeness (QED) is 0.328. The molecule has 1 aliphatic rings. The Balaban J connectivity index is 0.00000225. The van der Waals surface area contributed by atoms with Gasteiger partial charge < -0.3 is 14.5 Å². The molecule has 0 amide bonds. The molecule has 16 heavy (non-hydrogen) atoms. The van der Waals surface area contributed by atoms with Crippen molar-refractivity contribution in [3.63, 3.8) is 0 Å². The Bertz CT molecular complexity index is 205. The second kappa shape index (κ2) is 8.11. The van der Waals surface area contributed by atoms with Gasteiger partial charge in [0.2, 0.25) is 0 Å². The van der Waals surface area contributed by atoms with E-state index < -0.39 is 0 Å². The largest absolute Gasteiger partial charge is 0.379 e. The third-order valence-corrected chi connectivity index (χ3v) is 2.34. The summed E-state index contributed by atoms with van der Waals surface area (Å²) < 4.78 is 5.52. The molecule has 0 aromatic rings. The van der Waals surface area contributed by atoms with Crippen molar-refractivity contribution < 1.29 is 4.74 Å². The van der Waals surface area contributed by atoms with Gasteiger partial charge in [0.05, 0.1) is 13.2 Å². The first kappa shape index (κ1) is 16.0. The molecule has 5 heteroatoms. The van der Waals surface area contributed by atoms with Crippen LogP contribution < -0.4 is 0 Å². The highest BCUT2D eigenvalue weighted by Crippen LogP contribution is 2.28. The lowest BCUT2D eigenvalue weighted by Crippen LogP contribution is -2.35. The lowest BCUT2D eigenvalue weighted by atomic mass is 10.5. The molecule has 1 saturated carbocycles. The normalized spacial score (nSPS) is 14.0. The number of halogens is 1. The number of nitrogens with zero attached hydrogens (tertiary/aromatic N) is 3. The Morgan fingerprint density at radius 3 is 2.19 bits per heavy atom. The van der Waals surface area contributed by atoms with E-state index in [9.17, 15) is 0 Å². The molecule has 1 aliphatic carbocycles. The fourth-order valence-corrected chi connectivity index (χ4v) is 1.43. The van der Waals surface area contributed by atoms with Crippen LogP contribution in [-0.4, -0.2) is 63.7 Å². The van der Waals surface area contributed by atoms with Gasteiger partial charge in [-0.15, -0.1) is 24.0 Å². The SMILES string of the molecule is CN(C)C(=NCCOCC1CC1)N(C)C.I. The molecule has 0 bridgehead atoms. The Morgan fingerprint density at radius 1 is 1.19 bits per heavy atom. The van der Waals surface area contributed by atoms with Crippen LogP contribution in [0.2, 0.25) is 0 Å². The number of aliphatic imine (C=N–C) groups is 1. The summed E-state index contributed by atoms with van der Waals surface area (Å²) in [5.41, 5.74) is 0. The second-order valence-electron chi connectivity index (χ2n) is 4.49. The van der Waals surface area contributed by atoms with Crippen LogP contribution in [0.25, 0.3) is 0 Å². The van der Waals surface area contributed by atoms with E-state index in [1.165, 1.54) is 12.8 Å². The predicted octanol–water partition coefficient (Wildman–Crippen LogP) is 1.51. The maximum atomic E-state index is 5.52. The smallest absolute Gasteiger partial charge is 0.195 e. The van der Waals surface area contributed by atoms with Crippen molar-refractivity contribution in [1.82, 2.24) is 9.80 Å². The van der Waals surface area contributed by atoms with E-state index in [4.69, 9.17) is 4.74 Å². The standard InChI is InChI=1S/C11H23N3O.HI/c1-13(2)11(14(3)4)12-7-8-15-9-10-5-6-10;/h10H,5-9H2,1-4H3;1H. The van der Waals surface area contributed by atoms with Gasteiger partial charge in [-0.3, -0.25) is 4.99 Å². The van der Waals surface area contributed by atoms with Crippen molar-refractivity contribution in [2.24, 2.45) is 10.9 Å². The molecule has 0 unspecified atom stereocenters. The first-order valence-electron chi connectivity index (χ1n) is 5.58. The molecule has 96 valence electrons. The summed E-state index contributed by atoms with van der Waals surface area (Å²) in [6, 6.07) is 0. The average molecular weight is 341 g/mol. The average Bonchev–Trinajstić information content (AvgIpc) is 2.93. The van der Waals surface area contributed by atoms with E-state index >= 15 is 0 Å². The summed E-state index contributed by atoms with van der Waals surface area (Å²) >= 11 is 0. The summed E-state index contributed by atoms with van der Waals surface area (Å²) in [5.74, 6) is 1.83. The highest BCUT2D eigenvalue weighted by Gasteiger charge is 2.20. The highest BCUT2D eigenvalue weighted by molar-refractivity contribution is 14.0. The molecule has 0 radical (unpaired) electrons. The molecule has 1 fully saturated rings. The Labute approximate surface area is 116 Å². The van der Waals surface area contributed by atoms with E-state index in [1.54, 1.807) is 0 Å². The monoisotopic (exact) mass is 341 g/mol. The lowest BCUT2D eigenvalue weighted by molar-refractivity contribution is 0.131. The Hall–Kier alpha value is -0.0400. The van der Waals surface area contributed by atoms with Crippen molar-refractivity contribution >= 4 is 29.9 Å². The van der Waals surface area contributed by atoms with Crippen LogP contribution in [0, 0.1) is 5.92 Å². The van der Waals surface area contributed by atoms with Crippen LogP contribution in [0.4, 0.5) is 0 Å². The van der Waals surface area contributed by atoms with Crippen LogP contribution >= 0.6 is 24.0 Å². The molecule has 4 nitrogen and oxygen atoms in total. The fraction of sp³-hybridized carbons (Fsp3) is 0.909. The van der Waals surface area contributed by atoms with Crippen molar-refractivity contribution in [1.29, 1.82) is 0 Å². The zero-order valence-corrected chi connectivity index (χ0v) is 13.1. The zero-order valence-electron chi connectivity index (χ0n) is 10.8. The Morgan fingerprint density at radius 2 is 1.75 bits per heavy atom. The van der Waals surface area contributed by atoms with Gasteiger partial charge in [-0.25, -0.2) is 0 Å². The zero-order chi connectivity index (χ0) is 11.3. The number of rotatable bonds is 5. The number of hydrogen-bond donors (Lipinski definition) is 0. The Kier molecular flexibility index (Phi) is 8.09. The van der Waals surface area contributed by atoms with Gasteiger partial charge in [-0.2, -0.15) is 0 Å². The molecule has 0 atom stereocenters. The fourth-order valence-electron chi connectivity index (χ4n) is 1.43. The maximum Gasteiger partial charge on any atom is 0.195 e. The third-order valence-electron chi connectivity index (χ3n) is 2.34. The van der Waals surface area contributed by atoms with Crippen LogP contribution in [-0.2, 0) is 4.74 Å². The molecule has 1 rings (SSSR count). The molecular formula is C11H24IN3O. The van der Waals surface area contributed by atoms with Crippen LogP contribution in [0.5, 0.6) is 0 Å². The van der Waals surface area contributed by atoms with Gasteiger partial charge in [-0.05, 0) is 18.8 Å². The van der Waals surface area contributed by atoms with E-state index in [0.717, 1.165) is 31.6 Å². The second-order valence-corrected chi connectivity index (χ2v) is 4.49.